The molecule has 0 atom stereocenters. The predicted octanol–water partition coefficient (Wildman–Crippen LogP) is 3.92. The Bertz CT molecular complexity index is 325. The minimum Gasteiger partial charge on any atom is -0.491 e. The number of benzene rings is 1. The lowest BCUT2D eigenvalue weighted by atomic mass is 9.73. The molecule has 0 saturated carbocycles. The quantitative estimate of drug-likeness (QED) is 0.758. The third-order valence-electron chi connectivity index (χ3n) is 3.91. The summed E-state index contributed by atoms with van der Waals surface area (Å²) in [6.07, 6.45) is 4.80. The van der Waals surface area contributed by atoms with Gasteiger partial charge in [0.25, 0.3) is 0 Å². The molecule has 2 heteroatoms. The zero-order valence-corrected chi connectivity index (χ0v) is 11.9. The summed E-state index contributed by atoms with van der Waals surface area (Å²) >= 11 is 0. The summed E-state index contributed by atoms with van der Waals surface area (Å²) in [6.45, 7) is 7.22. The van der Waals surface area contributed by atoms with Crippen molar-refractivity contribution in [3.63, 3.8) is 0 Å². The van der Waals surface area contributed by atoms with Gasteiger partial charge in [0.05, 0.1) is 6.61 Å². The molecule has 0 spiro atoms. The van der Waals surface area contributed by atoms with Crippen molar-refractivity contribution in [2.24, 2.45) is 0 Å². The van der Waals surface area contributed by atoms with Crippen LogP contribution in [0.3, 0.4) is 0 Å². The van der Waals surface area contributed by atoms with Crippen LogP contribution < -0.4 is 4.74 Å². The molecule has 0 saturated heterocycles. The fourth-order valence-electron chi connectivity index (χ4n) is 2.70. The van der Waals surface area contributed by atoms with Crippen molar-refractivity contribution < 1.29 is 9.84 Å². The van der Waals surface area contributed by atoms with Gasteiger partial charge >= 0.3 is 0 Å². The molecule has 0 amide bonds. The number of ether oxygens (including phenoxy) is 1. The average molecular weight is 250 g/mol. The standard InChI is InChI=1S/C16H26O2/c1-4-11-16(5-2,6-3)14-7-9-15(10-8-14)18-13-12-17/h7-10,17H,4-6,11-13H2,1-3H3. The molecule has 1 rings (SSSR count). The summed E-state index contributed by atoms with van der Waals surface area (Å²) in [5, 5.41) is 8.73. The highest BCUT2D eigenvalue weighted by molar-refractivity contribution is 5.32. The van der Waals surface area contributed by atoms with E-state index in [-0.39, 0.29) is 6.61 Å². The van der Waals surface area contributed by atoms with Crippen molar-refractivity contribution in [2.75, 3.05) is 13.2 Å². The summed E-state index contributed by atoms with van der Waals surface area (Å²) in [4.78, 5) is 0. The molecule has 0 unspecified atom stereocenters. The number of aliphatic hydroxyl groups is 1. The van der Waals surface area contributed by atoms with Crippen LogP contribution in [0.25, 0.3) is 0 Å². The van der Waals surface area contributed by atoms with Gasteiger partial charge in [-0.05, 0) is 42.4 Å². The first-order valence-corrected chi connectivity index (χ1v) is 7.06. The monoisotopic (exact) mass is 250 g/mol. The van der Waals surface area contributed by atoms with E-state index in [0.717, 1.165) is 5.75 Å². The van der Waals surface area contributed by atoms with Gasteiger partial charge < -0.3 is 9.84 Å². The Morgan fingerprint density at radius 1 is 1.06 bits per heavy atom. The summed E-state index contributed by atoms with van der Waals surface area (Å²) in [5.41, 5.74) is 1.72. The molecule has 0 aliphatic rings. The lowest BCUT2D eigenvalue weighted by molar-refractivity contribution is 0.201. The van der Waals surface area contributed by atoms with E-state index < -0.39 is 0 Å². The summed E-state index contributed by atoms with van der Waals surface area (Å²) in [5.74, 6) is 0.838. The van der Waals surface area contributed by atoms with Crippen LogP contribution in [0, 0.1) is 0 Å². The fraction of sp³-hybridized carbons (Fsp3) is 0.625. The molecule has 1 aromatic rings. The fourth-order valence-corrected chi connectivity index (χ4v) is 2.70. The highest BCUT2D eigenvalue weighted by Gasteiger charge is 2.27. The van der Waals surface area contributed by atoms with E-state index in [0.29, 0.717) is 12.0 Å². The van der Waals surface area contributed by atoms with Crippen LogP contribution in [0.15, 0.2) is 24.3 Å². The van der Waals surface area contributed by atoms with E-state index >= 15 is 0 Å². The van der Waals surface area contributed by atoms with Crippen molar-refractivity contribution in [3.05, 3.63) is 29.8 Å². The third kappa shape index (κ3) is 3.49. The maximum atomic E-state index is 8.73. The van der Waals surface area contributed by atoms with Gasteiger partial charge in [0.1, 0.15) is 12.4 Å². The molecular weight excluding hydrogens is 224 g/mol. The minimum atomic E-state index is 0.0610. The zero-order chi connectivity index (χ0) is 13.4. The maximum absolute atomic E-state index is 8.73. The SMILES string of the molecule is CCCC(CC)(CC)c1ccc(OCCO)cc1. The van der Waals surface area contributed by atoms with Crippen LogP contribution in [0.2, 0.25) is 0 Å². The Labute approximate surface area is 111 Å². The van der Waals surface area contributed by atoms with Gasteiger partial charge in [-0.1, -0.05) is 39.3 Å². The Morgan fingerprint density at radius 2 is 1.67 bits per heavy atom. The molecule has 0 aliphatic carbocycles. The maximum Gasteiger partial charge on any atom is 0.119 e. The molecule has 0 heterocycles. The van der Waals surface area contributed by atoms with Gasteiger partial charge in [0.2, 0.25) is 0 Å². The molecule has 1 aromatic carbocycles. The van der Waals surface area contributed by atoms with Crippen molar-refractivity contribution in [2.45, 2.75) is 51.9 Å². The summed E-state index contributed by atoms with van der Waals surface area (Å²) < 4.78 is 5.40. The molecule has 0 radical (unpaired) electrons. The molecule has 18 heavy (non-hydrogen) atoms. The predicted molar refractivity (Wildman–Crippen MR) is 76.2 cm³/mol. The molecule has 0 aromatic heterocycles. The second-order valence-electron chi connectivity index (χ2n) is 4.83. The second-order valence-corrected chi connectivity index (χ2v) is 4.83. The van der Waals surface area contributed by atoms with Gasteiger partial charge in [-0.15, -0.1) is 0 Å². The largest absolute Gasteiger partial charge is 0.491 e. The van der Waals surface area contributed by atoms with E-state index in [1.54, 1.807) is 0 Å². The minimum absolute atomic E-state index is 0.0610. The normalized spacial score (nSPS) is 11.6. The molecule has 102 valence electrons. The highest BCUT2D eigenvalue weighted by Crippen LogP contribution is 2.36. The third-order valence-corrected chi connectivity index (χ3v) is 3.91. The van der Waals surface area contributed by atoms with Crippen molar-refractivity contribution in [1.29, 1.82) is 0 Å². The average Bonchev–Trinajstić information content (AvgIpc) is 2.43. The van der Waals surface area contributed by atoms with E-state index in [4.69, 9.17) is 9.84 Å². The second kappa shape index (κ2) is 7.42. The number of aliphatic hydroxyl groups excluding tert-OH is 1. The van der Waals surface area contributed by atoms with Gasteiger partial charge in [-0.25, -0.2) is 0 Å². The van der Waals surface area contributed by atoms with E-state index in [2.05, 4.69) is 32.9 Å². The van der Waals surface area contributed by atoms with Gasteiger partial charge in [0.15, 0.2) is 0 Å². The smallest absolute Gasteiger partial charge is 0.119 e. The lowest BCUT2D eigenvalue weighted by Gasteiger charge is -2.32. The Kier molecular flexibility index (Phi) is 6.20. The van der Waals surface area contributed by atoms with E-state index in [9.17, 15) is 0 Å². The van der Waals surface area contributed by atoms with Crippen molar-refractivity contribution in [3.8, 4) is 5.75 Å². The Morgan fingerprint density at radius 3 is 2.11 bits per heavy atom. The first-order valence-electron chi connectivity index (χ1n) is 7.06. The molecule has 0 aliphatic heterocycles. The van der Waals surface area contributed by atoms with Crippen LogP contribution in [-0.4, -0.2) is 18.3 Å². The Hall–Kier alpha value is -1.02. The zero-order valence-electron chi connectivity index (χ0n) is 11.9. The number of hydrogen-bond acceptors (Lipinski definition) is 2. The topological polar surface area (TPSA) is 29.5 Å². The van der Waals surface area contributed by atoms with E-state index in [1.165, 1.54) is 31.2 Å². The van der Waals surface area contributed by atoms with Crippen LogP contribution in [-0.2, 0) is 5.41 Å². The van der Waals surface area contributed by atoms with Gasteiger partial charge in [-0.2, -0.15) is 0 Å². The van der Waals surface area contributed by atoms with Crippen LogP contribution >= 0.6 is 0 Å². The first-order chi connectivity index (χ1) is 8.72. The molecule has 0 fully saturated rings. The van der Waals surface area contributed by atoms with E-state index in [1.807, 2.05) is 12.1 Å². The molecule has 2 nitrogen and oxygen atoms in total. The van der Waals surface area contributed by atoms with Crippen LogP contribution in [0.5, 0.6) is 5.75 Å². The number of rotatable bonds is 8. The van der Waals surface area contributed by atoms with Crippen molar-refractivity contribution in [1.82, 2.24) is 0 Å². The summed E-state index contributed by atoms with van der Waals surface area (Å²) in [7, 11) is 0. The van der Waals surface area contributed by atoms with Crippen LogP contribution in [0.4, 0.5) is 0 Å². The highest BCUT2D eigenvalue weighted by atomic mass is 16.5. The Balaban J connectivity index is 2.86. The van der Waals surface area contributed by atoms with Crippen molar-refractivity contribution >= 4 is 0 Å². The molecular formula is C16H26O2. The van der Waals surface area contributed by atoms with Gasteiger partial charge in [0, 0.05) is 0 Å². The molecule has 1 N–H and O–H groups in total. The number of hydrogen-bond donors (Lipinski definition) is 1. The summed E-state index contributed by atoms with van der Waals surface area (Å²) in [6, 6.07) is 8.38. The first kappa shape index (κ1) is 15.0. The molecule has 0 bridgehead atoms. The van der Waals surface area contributed by atoms with Crippen LogP contribution in [0.1, 0.15) is 52.0 Å². The van der Waals surface area contributed by atoms with Gasteiger partial charge in [-0.3, -0.25) is 0 Å². The lowest BCUT2D eigenvalue weighted by Crippen LogP contribution is -2.24.